The quantitative estimate of drug-likeness (QED) is 0.358. The molecule has 1 aliphatic heterocycles. The number of imidazole rings is 1. The molecule has 3 heterocycles. The van der Waals surface area contributed by atoms with E-state index in [0.717, 1.165) is 36.3 Å². The van der Waals surface area contributed by atoms with Crippen LogP contribution in [-0.2, 0) is 0 Å². The van der Waals surface area contributed by atoms with Crippen molar-refractivity contribution in [3.63, 3.8) is 0 Å². The summed E-state index contributed by atoms with van der Waals surface area (Å²) in [6.45, 7) is 1.27. The highest BCUT2D eigenvalue weighted by Gasteiger charge is 2.26. The lowest BCUT2D eigenvalue weighted by Gasteiger charge is -2.26. The minimum atomic E-state index is 0.129. The summed E-state index contributed by atoms with van der Waals surface area (Å²) >= 11 is 12.7. The van der Waals surface area contributed by atoms with E-state index < -0.39 is 0 Å². The molecule has 0 bridgehead atoms. The summed E-state index contributed by atoms with van der Waals surface area (Å²) in [7, 11) is 0. The van der Waals surface area contributed by atoms with Gasteiger partial charge in [-0.1, -0.05) is 28.3 Å². The van der Waals surface area contributed by atoms with Crippen molar-refractivity contribution in [2.75, 3.05) is 18.0 Å². The second kappa shape index (κ2) is 7.03. The normalized spacial score (nSPS) is 16.8. The van der Waals surface area contributed by atoms with Crippen LogP contribution in [0.1, 0.15) is 12.8 Å². The highest BCUT2D eigenvalue weighted by Crippen LogP contribution is 2.36. The molecule has 0 amide bonds. The molecule has 0 spiro atoms. The number of nitrogens with zero attached hydrogens (tertiary/aromatic N) is 7. The second-order valence-corrected chi connectivity index (χ2v) is 6.92. The van der Waals surface area contributed by atoms with Gasteiger partial charge in [-0.15, -0.1) is 0 Å². The fourth-order valence-electron chi connectivity index (χ4n) is 3.42. The Hall–Kier alpha value is -2.47. The number of hydrogen-bond donors (Lipinski definition) is 0. The van der Waals surface area contributed by atoms with E-state index in [1.807, 2.05) is 22.9 Å². The molecule has 0 N–H and O–H groups in total. The van der Waals surface area contributed by atoms with Gasteiger partial charge in [0.05, 0.1) is 27.6 Å². The number of pyridine rings is 1. The molecule has 2 aromatic heterocycles. The highest BCUT2D eigenvalue weighted by atomic mass is 35.5. The molecule has 1 atom stereocenters. The zero-order valence-electron chi connectivity index (χ0n) is 13.8. The molecular weight excluding hydrogens is 373 g/mol. The van der Waals surface area contributed by atoms with Crippen molar-refractivity contribution in [3.05, 3.63) is 57.4 Å². The fraction of sp³-hybridized carbons (Fsp3) is 0.294. The molecule has 0 radical (unpaired) electrons. The molecule has 3 aromatic rings. The smallest absolute Gasteiger partial charge is 0.131 e. The van der Waals surface area contributed by atoms with E-state index >= 15 is 0 Å². The molecule has 4 rings (SSSR count). The molecule has 9 heteroatoms. The van der Waals surface area contributed by atoms with Crippen LogP contribution in [0.25, 0.3) is 27.0 Å². The summed E-state index contributed by atoms with van der Waals surface area (Å²) in [6.07, 6.45) is 7.33. The monoisotopic (exact) mass is 387 g/mol. The summed E-state index contributed by atoms with van der Waals surface area (Å²) in [5, 5.41) is 5.53. The lowest BCUT2D eigenvalue weighted by atomic mass is 10.1. The van der Waals surface area contributed by atoms with Gasteiger partial charge < -0.3 is 9.47 Å². The van der Waals surface area contributed by atoms with Gasteiger partial charge in [-0.05, 0) is 30.5 Å². The van der Waals surface area contributed by atoms with Crippen LogP contribution in [0.5, 0.6) is 0 Å². The molecule has 1 aliphatic rings. The molecule has 132 valence electrons. The minimum absolute atomic E-state index is 0.129. The lowest BCUT2D eigenvalue weighted by Crippen LogP contribution is -2.32. The number of rotatable bonds is 4. The first kappa shape index (κ1) is 17.0. The van der Waals surface area contributed by atoms with E-state index in [2.05, 4.69) is 19.9 Å². The van der Waals surface area contributed by atoms with Crippen molar-refractivity contribution >= 4 is 39.9 Å². The summed E-state index contributed by atoms with van der Waals surface area (Å²) in [5.74, 6) is 0.793. The second-order valence-electron chi connectivity index (χ2n) is 6.13. The zero-order chi connectivity index (χ0) is 18.1. The van der Waals surface area contributed by atoms with Crippen molar-refractivity contribution in [1.82, 2.24) is 14.5 Å². The van der Waals surface area contributed by atoms with Crippen LogP contribution in [0.15, 0.2) is 42.0 Å². The molecule has 0 saturated carbocycles. The Bertz CT molecular complexity index is 996. The van der Waals surface area contributed by atoms with E-state index in [1.165, 1.54) is 0 Å². The number of benzene rings is 1. The zero-order valence-corrected chi connectivity index (χ0v) is 15.3. The molecule has 7 nitrogen and oxygen atoms in total. The maximum Gasteiger partial charge on any atom is 0.131 e. The van der Waals surface area contributed by atoms with Gasteiger partial charge in [0.2, 0.25) is 0 Å². The Labute approximate surface area is 159 Å². The van der Waals surface area contributed by atoms with Crippen molar-refractivity contribution in [1.29, 1.82) is 0 Å². The average Bonchev–Trinajstić information content (AvgIpc) is 3.34. The third-order valence-corrected chi connectivity index (χ3v) is 5.44. The van der Waals surface area contributed by atoms with Crippen molar-refractivity contribution in [2.24, 2.45) is 5.11 Å². The minimum Gasteiger partial charge on any atom is -0.353 e. The van der Waals surface area contributed by atoms with E-state index in [0.29, 0.717) is 22.1 Å². The van der Waals surface area contributed by atoms with Gasteiger partial charge in [-0.2, -0.15) is 0 Å². The number of anilines is 1. The van der Waals surface area contributed by atoms with Crippen LogP contribution in [0.3, 0.4) is 0 Å². The number of aromatic nitrogens is 3. The van der Waals surface area contributed by atoms with Crippen molar-refractivity contribution in [3.8, 4) is 5.69 Å². The highest BCUT2D eigenvalue weighted by molar-refractivity contribution is 6.45. The Morgan fingerprint density at radius 1 is 1.35 bits per heavy atom. The van der Waals surface area contributed by atoms with Gasteiger partial charge in [-0.3, -0.25) is 0 Å². The standard InChI is InChI=1S/C17H15Cl2N7/c18-13-4-3-12-14(25-7-5-21-10-25)8-15(23-17(12)16(13)19)26-6-1-2-11(26)9-22-24-20/h3-5,7-8,10-11H,1-2,6,9H2. The Morgan fingerprint density at radius 2 is 2.23 bits per heavy atom. The molecule has 1 aromatic carbocycles. The van der Waals surface area contributed by atoms with Gasteiger partial charge >= 0.3 is 0 Å². The van der Waals surface area contributed by atoms with Gasteiger partial charge in [-0.25, -0.2) is 9.97 Å². The first-order valence-electron chi connectivity index (χ1n) is 8.23. The van der Waals surface area contributed by atoms with Gasteiger partial charge in [0.25, 0.3) is 0 Å². The van der Waals surface area contributed by atoms with Crippen molar-refractivity contribution in [2.45, 2.75) is 18.9 Å². The van der Waals surface area contributed by atoms with E-state index in [4.69, 9.17) is 33.7 Å². The Kier molecular flexibility index (Phi) is 4.59. The first-order chi connectivity index (χ1) is 12.7. The van der Waals surface area contributed by atoms with Crippen LogP contribution in [-0.4, -0.2) is 33.7 Å². The van der Waals surface area contributed by atoms with Crippen LogP contribution < -0.4 is 4.90 Å². The van der Waals surface area contributed by atoms with Gasteiger partial charge in [0.1, 0.15) is 5.82 Å². The summed E-state index contributed by atoms with van der Waals surface area (Å²) in [5.41, 5.74) is 10.2. The lowest BCUT2D eigenvalue weighted by molar-refractivity contribution is 0.670. The van der Waals surface area contributed by atoms with Crippen LogP contribution in [0, 0.1) is 0 Å². The predicted molar refractivity (Wildman–Crippen MR) is 103 cm³/mol. The maximum absolute atomic E-state index is 8.64. The van der Waals surface area contributed by atoms with Crippen LogP contribution in [0.4, 0.5) is 5.82 Å². The molecule has 1 fully saturated rings. The van der Waals surface area contributed by atoms with Crippen LogP contribution in [0.2, 0.25) is 10.0 Å². The van der Waals surface area contributed by atoms with Gasteiger partial charge in [0.15, 0.2) is 0 Å². The largest absolute Gasteiger partial charge is 0.353 e. The van der Waals surface area contributed by atoms with Gasteiger partial charge in [0, 0.05) is 47.9 Å². The van der Waals surface area contributed by atoms with E-state index in [1.54, 1.807) is 18.6 Å². The number of fused-ring (bicyclic) bond motifs is 1. The SMILES string of the molecule is [N-]=[N+]=NCC1CCCN1c1cc(-n2ccnc2)c2ccc(Cl)c(Cl)c2n1. The number of azide groups is 1. The molecule has 1 unspecified atom stereocenters. The number of halogens is 2. The first-order valence-corrected chi connectivity index (χ1v) is 8.99. The van der Waals surface area contributed by atoms with Crippen molar-refractivity contribution < 1.29 is 0 Å². The van der Waals surface area contributed by atoms with Crippen LogP contribution >= 0.6 is 23.2 Å². The summed E-state index contributed by atoms with van der Waals surface area (Å²) < 4.78 is 1.93. The Morgan fingerprint density at radius 3 is 3.00 bits per heavy atom. The molecule has 0 aliphatic carbocycles. The van der Waals surface area contributed by atoms with E-state index in [-0.39, 0.29) is 6.04 Å². The topological polar surface area (TPSA) is 82.7 Å². The molecule has 26 heavy (non-hydrogen) atoms. The summed E-state index contributed by atoms with van der Waals surface area (Å²) in [6, 6.07) is 5.83. The Balaban J connectivity index is 1.90. The average molecular weight is 388 g/mol. The molecule has 1 saturated heterocycles. The van der Waals surface area contributed by atoms with E-state index in [9.17, 15) is 0 Å². The number of hydrogen-bond acceptors (Lipinski definition) is 4. The third kappa shape index (κ3) is 2.94. The summed E-state index contributed by atoms with van der Waals surface area (Å²) in [4.78, 5) is 14.0. The molecular formula is C17H15Cl2N7. The third-order valence-electron chi connectivity index (χ3n) is 4.65. The fourth-order valence-corrected chi connectivity index (χ4v) is 3.78. The maximum atomic E-state index is 8.64. The predicted octanol–water partition coefficient (Wildman–Crippen LogP) is 5.01.